The first-order valence-corrected chi connectivity index (χ1v) is 7.53. The number of ether oxygens (including phenoxy) is 1. The second-order valence-electron chi connectivity index (χ2n) is 4.77. The van der Waals surface area contributed by atoms with Crippen molar-refractivity contribution in [2.75, 3.05) is 38.5 Å². The molecule has 0 saturated carbocycles. The fourth-order valence-corrected chi connectivity index (χ4v) is 3.70. The van der Waals surface area contributed by atoms with Crippen LogP contribution in [-0.4, -0.2) is 60.8 Å². The Morgan fingerprint density at radius 1 is 1.50 bits per heavy atom. The van der Waals surface area contributed by atoms with Crippen LogP contribution in [0.4, 0.5) is 0 Å². The van der Waals surface area contributed by atoms with E-state index >= 15 is 0 Å². The molecule has 0 amide bonds. The van der Waals surface area contributed by atoms with Crippen LogP contribution in [0.15, 0.2) is 0 Å². The molecule has 2 heterocycles. The number of nitrogens with zero attached hydrogens (tertiary/aromatic N) is 1. The molecule has 0 aromatic carbocycles. The van der Waals surface area contributed by atoms with Gasteiger partial charge in [-0.15, -0.1) is 0 Å². The monoisotopic (exact) mass is 244 g/mol. The molecule has 1 N–H and O–H groups in total. The van der Waals surface area contributed by atoms with Gasteiger partial charge in [0.1, 0.15) is 0 Å². The van der Waals surface area contributed by atoms with E-state index in [1.807, 2.05) is 0 Å². The van der Waals surface area contributed by atoms with Crippen molar-refractivity contribution < 1.29 is 4.74 Å². The highest BCUT2D eigenvalue weighted by Crippen LogP contribution is 2.26. The topological polar surface area (TPSA) is 24.5 Å². The summed E-state index contributed by atoms with van der Waals surface area (Å²) < 4.78 is 5.79. The standard InChI is InChI=1S/C12H24N2OS/c1-3-14-5-6-15-11(9-14)8-13-12-4-7-16-10(12)2/h10-13H,3-9H2,1-2H3. The van der Waals surface area contributed by atoms with Crippen molar-refractivity contribution >= 4 is 11.8 Å². The van der Waals surface area contributed by atoms with E-state index in [2.05, 4.69) is 35.8 Å². The molecule has 3 unspecified atom stereocenters. The highest BCUT2D eigenvalue weighted by Gasteiger charge is 2.25. The number of nitrogens with one attached hydrogen (secondary N) is 1. The van der Waals surface area contributed by atoms with Crippen molar-refractivity contribution in [1.29, 1.82) is 0 Å². The summed E-state index contributed by atoms with van der Waals surface area (Å²) in [5.74, 6) is 1.31. The Morgan fingerprint density at radius 2 is 2.38 bits per heavy atom. The van der Waals surface area contributed by atoms with E-state index in [4.69, 9.17) is 4.74 Å². The normalized spacial score (nSPS) is 36.8. The van der Waals surface area contributed by atoms with Crippen LogP contribution < -0.4 is 5.32 Å². The maximum atomic E-state index is 5.79. The number of hydrogen-bond donors (Lipinski definition) is 1. The van der Waals surface area contributed by atoms with E-state index in [-0.39, 0.29) is 0 Å². The first-order chi connectivity index (χ1) is 7.79. The van der Waals surface area contributed by atoms with Crippen molar-refractivity contribution in [3.63, 3.8) is 0 Å². The molecule has 0 spiro atoms. The van der Waals surface area contributed by atoms with E-state index in [0.29, 0.717) is 12.1 Å². The first-order valence-electron chi connectivity index (χ1n) is 6.48. The number of likely N-dealkylation sites (N-methyl/N-ethyl adjacent to an activating group) is 1. The smallest absolute Gasteiger partial charge is 0.0826 e. The lowest BCUT2D eigenvalue weighted by Gasteiger charge is -2.33. The molecular weight excluding hydrogens is 220 g/mol. The maximum absolute atomic E-state index is 5.79. The molecule has 2 aliphatic rings. The van der Waals surface area contributed by atoms with Gasteiger partial charge in [-0.3, -0.25) is 4.90 Å². The minimum absolute atomic E-state index is 0.395. The Bertz CT molecular complexity index is 215. The fraction of sp³-hybridized carbons (Fsp3) is 1.00. The molecule has 3 nitrogen and oxygen atoms in total. The van der Waals surface area contributed by atoms with Gasteiger partial charge >= 0.3 is 0 Å². The zero-order valence-corrected chi connectivity index (χ0v) is 11.3. The van der Waals surface area contributed by atoms with Crippen LogP contribution in [-0.2, 0) is 4.74 Å². The Labute approximate surface area is 103 Å². The second-order valence-corrected chi connectivity index (χ2v) is 6.25. The summed E-state index contributed by atoms with van der Waals surface area (Å²) in [6.07, 6.45) is 1.71. The largest absolute Gasteiger partial charge is 0.374 e. The van der Waals surface area contributed by atoms with Crippen LogP contribution in [0, 0.1) is 0 Å². The molecule has 0 radical (unpaired) electrons. The Balaban J connectivity index is 1.68. The van der Waals surface area contributed by atoms with Gasteiger partial charge in [-0.25, -0.2) is 0 Å². The lowest BCUT2D eigenvalue weighted by atomic mass is 10.1. The summed E-state index contributed by atoms with van der Waals surface area (Å²) in [6.45, 7) is 9.82. The van der Waals surface area contributed by atoms with E-state index in [9.17, 15) is 0 Å². The summed E-state index contributed by atoms with van der Waals surface area (Å²) in [7, 11) is 0. The average Bonchev–Trinajstić information content (AvgIpc) is 2.72. The van der Waals surface area contributed by atoms with Crippen LogP contribution in [0.5, 0.6) is 0 Å². The average molecular weight is 244 g/mol. The van der Waals surface area contributed by atoms with Gasteiger partial charge in [0.05, 0.1) is 12.7 Å². The van der Waals surface area contributed by atoms with Crippen molar-refractivity contribution in [2.24, 2.45) is 0 Å². The third-order valence-electron chi connectivity index (χ3n) is 3.65. The van der Waals surface area contributed by atoms with E-state index < -0.39 is 0 Å². The molecule has 2 aliphatic heterocycles. The molecule has 16 heavy (non-hydrogen) atoms. The lowest BCUT2D eigenvalue weighted by molar-refractivity contribution is -0.0262. The van der Waals surface area contributed by atoms with Gasteiger partial charge in [0, 0.05) is 30.9 Å². The fourth-order valence-electron chi connectivity index (χ4n) is 2.47. The molecule has 4 heteroatoms. The Morgan fingerprint density at radius 3 is 3.06 bits per heavy atom. The SMILES string of the molecule is CCN1CCOC(CNC2CCSC2C)C1. The molecule has 0 aromatic heterocycles. The molecule has 94 valence electrons. The first kappa shape index (κ1) is 12.7. The molecule has 2 saturated heterocycles. The second kappa shape index (κ2) is 6.24. The van der Waals surface area contributed by atoms with Crippen LogP contribution in [0.25, 0.3) is 0 Å². The highest BCUT2D eigenvalue weighted by atomic mass is 32.2. The highest BCUT2D eigenvalue weighted by molar-refractivity contribution is 8.00. The number of rotatable bonds is 4. The molecule has 0 aromatic rings. The van der Waals surface area contributed by atoms with Gasteiger partial charge in [-0.05, 0) is 18.7 Å². The van der Waals surface area contributed by atoms with Crippen LogP contribution in [0.1, 0.15) is 20.3 Å². The van der Waals surface area contributed by atoms with Crippen LogP contribution >= 0.6 is 11.8 Å². The maximum Gasteiger partial charge on any atom is 0.0826 e. The number of hydrogen-bond acceptors (Lipinski definition) is 4. The van der Waals surface area contributed by atoms with Crippen molar-refractivity contribution in [1.82, 2.24) is 10.2 Å². The molecule has 0 aliphatic carbocycles. The van der Waals surface area contributed by atoms with Crippen LogP contribution in [0.3, 0.4) is 0 Å². The van der Waals surface area contributed by atoms with Gasteiger partial charge < -0.3 is 10.1 Å². The summed E-state index contributed by atoms with van der Waals surface area (Å²) in [5, 5.41) is 4.44. The minimum Gasteiger partial charge on any atom is -0.374 e. The quantitative estimate of drug-likeness (QED) is 0.803. The van der Waals surface area contributed by atoms with Crippen molar-refractivity contribution in [2.45, 2.75) is 37.7 Å². The summed E-state index contributed by atoms with van der Waals surface area (Å²) >= 11 is 2.08. The summed E-state index contributed by atoms with van der Waals surface area (Å²) in [4.78, 5) is 2.47. The Kier molecular flexibility index (Phi) is 4.95. The molecule has 2 fully saturated rings. The van der Waals surface area contributed by atoms with Crippen molar-refractivity contribution in [3.8, 4) is 0 Å². The summed E-state index contributed by atoms with van der Waals surface area (Å²) in [6, 6.07) is 0.700. The molecule has 0 bridgehead atoms. The van der Waals surface area contributed by atoms with E-state index in [1.54, 1.807) is 0 Å². The third-order valence-corrected chi connectivity index (χ3v) is 4.98. The molecule has 2 rings (SSSR count). The minimum atomic E-state index is 0.395. The van der Waals surface area contributed by atoms with Crippen molar-refractivity contribution in [3.05, 3.63) is 0 Å². The van der Waals surface area contributed by atoms with Gasteiger partial charge in [-0.1, -0.05) is 13.8 Å². The summed E-state index contributed by atoms with van der Waals surface area (Å²) in [5.41, 5.74) is 0. The lowest BCUT2D eigenvalue weighted by Crippen LogP contribution is -2.48. The molecule has 3 atom stereocenters. The zero-order valence-electron chi connectivity index (χ0n) is 10.4. The Hall–Kier alpha value is 0.230. The zero-order chi connectivity index (χ0) is 11.4. The number of morpholine rings is 1. The van der Waals surface area contributed by atoms with Gasteiger partial charge in [-0.2, -0.15) is 11.8 Å². The predicted molar refractivity (Wildman–Crippen MR) is 70.2 cm³/mol. The van der Waals surface area contributed by atoms with Gasteiger partial charge in [0.15, 0.2) is 0 Å². The van der Waals surface area contributed by atoms with Crippen LogP contribution in [0.2, 0.25) is 0 Å². The van der Waals surface area contributed by atoms with E-state index in [0.717, 1.165) is 38.0 Å². The third kappa shape index (κ3) is 3.36. The molecular formula is C12H24N2OS. The van der Waals surface area contributed by atoms with E-state index in [1.165, 1.54) is 12.2 Å². The van der Waals surface area contributed by atoms with Gasteiger partial charge in [0.25, 0.3) is 0 Å². The predicted octanol–water partition coefficient (Wildman–Crippen LogP) is 1.19. The number of thioether (sulfide) groups is 1. The van der Waals surface area contributed by atoms with Gasteiger partial charge in [0.2, 0.25) is 0 Å².